The van der Waals surface area contributed by atoms with Gasteiger partial charge in [0.1, 0.15) is 0 Å². The van der Waals surface area contributed by atoms with Crippen molar-refractivity contribution in [3.63, 3.8) is 0 Å². The van der Waals surface area contributed by atoms with E-state index in [0.717, 1.165) is 3.57 Å². The second kappa shape index (κ2) is 5.53. The zero-order valence-electron chi connectivity index (χ0n) is 9.64. The summed E-state index contributed by atoms with van der Waals surface area (Å²) in [5, 5.41) is 0.582. The number of benzene rings is 1. The fourth-order valence-electron chi connectivity index (χ4n) is 2.08. The van der Waals surface area contributed by atoms with Crippen LogP contribution in [0.5, 0.6) is 0 Å². The van der Waals surface area contributed by atoms with Gasteiger partial charge >= 0.3 is 10.2 Å². The molecule has 0 spiro atoms. The highest BCUT2D eigenvalue weighted by molar-refractivity contribution is 14.1. The predicted molar refractivity (Wildman–Crippen MR) is 79.5 cm³/mol. The normalized spacial score (nSPS) is 20.1. The topological polar surface area (TPSA) is 54.5 Å². The van der Waals surface area contributed by atoms with E-state index in [1.54, 1.807) is 18.2 Å². The van der Waals surface area contributed by atoms with E-state index in [9.17, 15) is 17.1 Å². The molecule has 0 radical (unpaired) electrons. The fraction of sp³-hybridized carbons (Fsp3) is 0.364. The van der Waals surface area contributed by atoms with Gasteiger partial charge in [0.2, 0.25) is 5.91 Å². The Labute approximate surface area is 129 Å². The molecule has 1 aliphatic heterocycles. The van der Waals surface area contributed by atoms with Crippen LogP contribution in [0, 0.1) is 9.49 Å². The van der Waals surface area contributed by atoms with Crippen LogP contribution in [0.2, 0.25) is 5.02 Å². The summed E-state index contributed by atoms with van der Waals surface area (Å²) in [6, 6.07) is 5.10. The van der Waals surface area contributed by atoms with Crippen molar-refractivity contribution in [2.75, 3.05) is 17.2 Å². The van der Waals surface area contributed by atoms with Gasteiger partial charge in [-0.2, -0.15) is 8.42 Å². The summed E-state index contributed by atoms with van der Waals surface area (Å²) in [6.45, 7) is 0.208. The minimum atomic E-state index is -4.55. The van der Waals surface area contributed by atoms with Gasteiger partial charge < -0.3 is 4.90 Å². The maximum absolute atomic E-state index is 12.6. The molecule has 2 rings (SSSR count). The molecule has 1 saturated heterocycles. The molecule has 0 bridgehead atoms. The lowest BCUT2D eigenvalue weighted by Crippen LogP contribution is -2.25. The van der Waals surface area contributed by atoms with Crippen LogP contribution in [0.25, 0.3) is 0 Å². The molecule has 4 nitrogen and oxygen atoms in total. The van der Waals surface area contributed by atoms with E-state index in [4.69, 9.17) is 11.6 Å². The third kappa shape index (κ3) is 3.79. The molecule has 0 N–H and O–H groups in total. The van der Waals surface area contributed by atoms with E-state index < -0.39 is 21.9 Å². The molecular weight excluding hydrogens is 408 g/mol. The van der Waals surface area contributed by atoms with E-state index in [1.807, 2.05) is 22.6 Å². The molecule has 104 valence electrons. The molecule has 0 aromatic heterocycles. The lowest BCUT2D eigenvalue weighted by atomic mass is 10.1. The molecule has 1 unspecified atom stereocenters. The Kier molecular flexibility index (Phi) is 4.36. The average Bonchev–Trinajstić information content (AvgIpc) is 2.61. The summed E-state index contributed by atoms with van der Waals surface area (Å²) in [6.07, 6.45) is 0.0440. The first-order chi connectivity index (χ1) is 8.76. The highest BCUT2D eigenvalue weighted by Crippen LogP contribution is 2.29. The molecule has 19 heavy (non-hydrogen) atoms. The maximum Gasteiger partial charge on any atom is 0.302 e. The number of hydrogen-bond donors (Lipinski definition) is 0. The molecular formula is C11H10ClFINO3S. The van der Waals surface area contributed by atoms with Crippen LogP contribution in [-0.4, -0.2) is 26.6 Å². The summed E-state index contributed by atoms with van der Waals surface area (Å²) >= 11 is 7.94. The monoisotopic (exact) mass is 417 g/mol. The standard InChI is InChI=1S/C11H10ClFINO3S/c12-9-2-1-8(4-10(9)14)15-5-7(3-11(15)16)6-19(13,17)18/h1-2,4,7H,3,5-6H2. The second-order valence-corrected chi connectivity index (χ2v) is 7.36. The van der Waals surface area contributed by atoms with Crippen molar-refractivity contribution in [1.82, 2.24) is 0 Å². The summed E-state index contributed by atoms with van der Waals surface area (Å²) in [5.74, 6) is -1.32. The summed E-state index contributed by atoms with van der Waals surface area (Å²) in [5.41, 5.74) is 0.651. The molecule has 8 heteroatoms. The van der Waals surface area contributed by atoms with Crippen LogP contribution in [0.15, 0.2) is 18.2 Å². The molecule has 1 aliphatic rings. The van der Waals surface area contributed by atoms with Gasteiger partial charge in [-0.1, -0.05) is 11.6 Å². The van der Waals surface area contributed by atoms with Crippen molar-refractivity contribution in [2.24, 2.45) is 5.92 Å². The third-order valence-corrected chi connectivity index (χ3v) is 5.27. The van der Waals surface area contributed by atoms with Crippen molar-refractivity contribution in [3.05, 3.63) is 26.8 Å². The van der Waals surface area contributed by atoms with Gasteiger partial charge in [0.15, 0.2) is 0 Å². The quantitative estimate of drug-likeness (QED) is 0.561. The third-order valence-electron chi connectivity index (χ3n) is 2.85. The molecule has 1 heterocycles. The Morgan fingerprint density at radius 2 is 2.16 bits per heavy atom. The highest BCUT2D eigenvalue weighted by atomic mass is 127. The Hall–Kier alpha value is -0.410. The van der Waals surface area contributed by atoms with Crippen molar-refractivity contribution >= 4 is 56.0 Å². The minimum Gasteiger partial charge on any atom is -0.312 e. The molecule has 1 atom stereocenters. The summed E-state index contributed by atoms with van der Waals surface area (Å²) < 4.78 is 34.7. The number of anilines is 1. The van der Waals surface area contributed by atoms with Crippen LogP contribution in [0.3, 0.4) is 0 Å². The Balaban J connectivity index is 2.18. The van der Waals surface area contributed by atoms with Crippen molar-refractivity contribution in [3.8, 4) is 0 Å². The smallest absolute Gasteiger partial charge is 0.302 e. The van der Waals surface area contributed by atoms with E-state index >= 15 is 0 Å². The highest BCUT2D eigenvalue weighted by Gasteiger charge is 2.33. The van der Waals surface area contributed by atoms with Crippen LogP contribution in [0.1, 0.15) is 6.42 Å². The summed E-state index contributed by atoms with van der Waals surface area (Å²) in [4.78, 5) is 13.3. The van der Waals surface area contributed by atoms with Crippen LogP contribution < -0.4 is 4.90 Å². The van der Waals surface area contributed by atoms with E-state index in [0.29, 0.717) is 10.7 Å². The number of halogens is 3. The lowest BCUT2D eigenvalue weighted by molar-refractivity contribution is -0.117. The first-order valence-electron chi connectivity index (χ1n) is 5.44. The number of rotatable bonds is 3. The van der Waals surface area contributed by atoms with Gasteiger partial charge in [-0.3, -0.25) is 4.79 Å². The van der Waals surface area contributed by atoms with Gasteiger partial charge in [-0.25, -0.2) is 0 Å². The first-order valence-corrected chi connectivity index (χ1v) is 8.45. The van der Waals surface area contributed by atoms with Crippen molar-refractivity contribution < 1.29 is 17.1 Å². The minimum absolute atomic E-state index is 0.0440. The summed E-state index contributed by atoms with van der Waals surface area (Å²) in [7, 11) is -4.55. The lowest BCUT2D eigenvalue weighted by Gasteiger charge is -2.17. The number of hydrogen-bond acceptors (Lipinski definition) is 3. The number of carbonyl (C=O) groups is 1. The fourth-order valence-corrected chi connectivity index (χ4v) is 3.48. The zero-order valence-corrected chi connectivity index (χ0v) is 13.4. The number of amides is 1. The van der Waals surface area contributed by atoms with Gasteiger partial charge in [0.05, 0.1) is 10.8 Å². The molecule has 1 aromatic rings. The molecule has 0 saturated carbocycles. The van der Waals surface area contributed by atoms with Gasteiger partial charge in [0, 0.05) is 28.1 Å². The average molecular weight is 418 g/mol. The first kappa shape index (κ1) is 15.0. The molecule has 0 aliphatic carbocycles. The zero-order chi connectivity index (χ0) is 14.2. The van der Waals surface area contributed by atoms with Gasteiger partial charge in [-0.05, 0) is 40.8 Å². The van der Waals surface area contributed by atoms with Crippen molar-refractivity contribution in [1.29, 1.82) is 0 Å². The molecule has 1 fully saturated rings. The van der Waals surface area contributed by atoms with E-state index in [1.165, 1.54) is 4.90 Å². The number of carbonyl (C=O) groups excluding carboxylic acids is 1. The van der Waals surface area contributed by atoms with Gasteiger partial charge in [0.25, 0.3) is 0 Å². The maximum atomic E-state index is 12.6. The van der Waals surface area contributed by atoms with Crippen molar-refractivity contribution in [2.45, 2.75) is 6.42 Å². The molecule has 1 aromatic carbocycles. The second-order valence-electron chi connectivity index (χ2n) is 4.38. The largest absolute Gasteiger partial charge is 0.312 e. The SMILES string of the molecule is O=C1CC(CS(=O)(=O)F)CN1c1ccc(Cl)c(I)c1. The van der Waals surface area contributed by atoms with Crippen LogP contribution >= 0.6 is 34.2 Å². The Bertz CT molecular complexity index is 622. The van der Waals surface area contributed by atoms with Crippen LogP contribution in [-0.2, 0) is 15.0 Å². The number of nitrogens with zero attached hydrogens (tertiary/aromatic N) is 1. The van der Waals surface area contributed by atoms with E-state index in [-0.39, 0.29) is 18.9 Å². The Morgan fingerprint density at radius 3 is 2.74 bits per heavy atom. The van der Waals surface area contributed by atoms with E-state index in [2.05, 4.69) is 0 Å². The Morgan fingerprint density at radius 1 is 1.47 bits per heavy atom. The predicted octanol–water partition coefficient (Wildman–Crippen LogP) is 2.60. The molecule has 1 amide bonds. The van der Waals surface area contributed by atoms with Crippen LogP contribution in [0.4, 0.5) is 9.57 Å². The van der Waals surface area contributed by atoms with Gasteiger partial charge in [-0.15, -0.1) is 3.89 Å².